The van der Waals surface area contributed by atoms with Gasteiger partial charge in [-0.05, 0) is 37.6 Å². The van der Waals surface area contributed by atoms with Crippen molar-refractivity contribution < 1.29 is 9.53 Å². The summed E-state index contributed by atoms with van der Waals surface area (Å²) < 4.78 is 5.02. The molecule has 0 aromatic rings. The number of nitrogens with zero attached hydrogens (tertiary/aromatic N) is 1. The predicted molar refractivity (Wildman–Crippen MR) is 76.0 cm³/mol. The molecule has 0 aromatic carbocycles. The molecule has 1 aliphatic heterocycles. The third kappa shape index (κ3) is 2.79. The van der Waals surface area contributed by atoms with Crippen LogP contribution in [0.15, 0.2) is 0 Å². The number of hydrogen-bond acceptors (Lipinski definition) is 4. The molecule has 0 radical (unpaired) electrons. The minimum Gasteiger partial charge on any atom is -0.468 e. The van der Waals surface area contributed by atoms with Crippen LogP contribution in [0.4, 0.5) is 0 Å². The number of ether oxygens (including phenoxy) is 1. The van der Waals surface area contributed by atoms with E-state index < -0.39 is 5.54 Å². The second-order valence-corrected chi connectivity index (χ2v) is 6.41. The van der Waals surface area contributed by atoms with E-state index in [9.17, 15) is 4.79 Å². The fourth-order valence-electron chi connectivity index (χ4n) is 3.76. The van der Waals surface area contributed by atoms with Crippen molar-refractivity contribution in [3.8, 4) is 0 Å². The molecule has 1 aliphatic carbocycles. The molecule has 0 spiro atoms. The number of likely N-dealkylation sites (N-methyl/N-ethyl adjacent to an activating group) is 1. The van der Waals surface area contributed by atoms with Crippen molar-refractivity contribution in [2.75, 3.05) is 26.7 Å². The van der Waals surface area contributed by atoms with E-state index in [1.165, 1.54) is 20.2 Å². The number of carbonyl (C=O) groups excluding carboxylic acids is 1. The van der Waals surface area contributed by atoms with Crippen LogP contribution in [0, 0.1) is 11.8 Å². The molecule has 2 aliphatic rings. The number of nitrogens with one attached hydrogen (secondary N) is 1. The van der Waals surface area contributed by atoms with Gasteiger partial charge in [-0.25, -0.2) is 0 Å². The fraction of sp³-hybridized carbons (Fsp3) is 0.933. The van der Waals surface area contributed by atoms with Gasteiger partial charge in [0.25, 0.3) is 0 Å². The van der Waals surface area contributed by atoms with Crippen LogP contribution in [0.1, 0.15) is 40.0 Å². The zero-order valence-electron chi connectivity index (χ0n) is 12.7. The normalized spacial score (nSPS) is 39.7. The van der Waals surface area contributed by atoms with Crippen LogP contribution in [0.5, 0.6) is 0 Å². The lowest BCUT2D eigenvalue weighted by atomic mass is 9.97. The van der Waals surface area contributed by atoms with Crippen molar-refractivity contribution in [3.05, 3.63) is 0 Å². The first-order valence-electron chi connectivity index (χ1n) is 7.60. The van der Waals surface area contributed by atoms with Gasteiger partial charge in [0.05, 0.1) is 7.11 Å². The number of methoxy groups -OCH3 is 1. The average molecular weight is 268 g/mol. The Morgan fingerprint density at radius 3 is 2.53 bits per heavy atom. The first-order chi connectivity index (χ1) is 9.02. The Bertz CT molecular complexity index is 324. The molecule has 1 heterocycles. The third-order valence-electron chi connectivity index (χ3n) is 5.11. The molecule has 4 heteroatoms. The van der Waals surface area contributed by atoms with Gasteiger partial charge < -0.3 is 10.1 Å². The highest BCUT2D eigenvalue weighted by Gasteiger charge is 2.48. The number of carbonyl (C=O) groups is 1. The maximum Gasteiger partial charge on any atom is 0.326 e. The quantitative estimate of drug-likeness (QED) is 0.787. The maximum atomic E-state index is 12.1. The Balaban J connectivity index is 2.03. The lowest BCUT2D eigenvalue weighted by Crippen LogP contribution is -2.51. The Kier molecular flexibility index (Phi) is 4.51. The highest BCUT2D eigenvalue weighted by atomic mass is 16.5. The summed E-state index contributed by atoms with van der Waals surface area (Å²) in [6.45, 7) is 9.88. The molecule has 1 saturated heterocycles. The average Bonchev–Trinajstić information content (AvgIpc) is 2.95. The summed E-state index contributed by atoms with van der Waals surface area (Å²) in [7, 11) is 1.49. The molecule has 1 N–H and O–H groups in total. The Morgan fingerprint density at radius 1 is 1.37 bits per heavy atom. The Morgan fingerprint density at radius 2 is 2.00 bits per heavy atom. The summed E-state index contributed by atoms with van der Waals surface area (Å²) in [5.74, 6) is 1.46. The highest BCUT2D eigenvalue weighted by Crippen LogP contribution is 2.37. The summed E-state index contributed by atoms with van der Waals surface area (Å²) in [4.78, 5) is 14.7. The summed E-state index contributed by atoms with van der Waals surface area (Å²) in [6.07, 6.45) is 2.89. The summed E-state index contributed by atoms with van der Waals surface area (Å²) in [5, 5.41) is 3.38. The van der Waals surface area contributed by atoms with Gasteiger partial charge in [-0.3, -0.25) is 9.69 Å². The molecular formula is C15H28N2O2. The van der Waals surface area contributed by atoms with E-state index in [2.05, 4.69) is 31.0 Å². The van der Waals surface area contributed by atoms with Crippen molar-refractivity contribution in [1.82, 2.24) is 10.2 Å². The van der Waals surface area contributed by atoms with E-state index in [0.29, 0.717) is 6.04 Å². The molecule has 0 bridgehead atoms. The van der Waals surface area contributed by atoms with E-state index >= 15 is 0 Å². The summed E-state index contributed by atoms with van der Waals surface area (Å²) in [6, 6.07) is 0.533. The second-order valence-electron chi connectivity index (χ2n) is 6.41. The second kappa shape index (κ2) is 5.80. The van der Waals surface area contributed by atoms with E-state index in [0.717, 1.165) is 37.6 Å². The zero-order chi connectivity index (χ0) is 14.0. The number of likely N-dealkylation sites (tertiary alicyclic amines) is 1. The van der Waals surface area contributed by atoms with Crippen LogP contribution in [-0.2, 0) is 9.53 Å². The lowest BCUT2D eigenvalue weighted by Gasteiger charge is -2.29. The van der Waals surface area contributed by atoms with Crippen molar-refractivity contribution in [2.45, 2.75) is 51.6 Å². The molecule has 2 rings (SSSR count). The predicted octanol–water partition coefficient (Wildman–Crippen LogP) is 1.65. The van der Waals surface area contributed by atoms with Gasteiger partial charge in [-0.1, -0.05) is 20.8 Å². The van der Waals surface area contributed by atoms with E-state index in [4.69, 9.17) is 4.74 Å². The molecule has 0 aromatic heterocycles. The maximum absolute atomic E-state index is 12.1. The van der Waals surface area contributed by atoms with E-state index in [1.54, 1.807) is 0 Å². The van der Waals surface area contributed by atoms with Crippen LogP contribution < -0.4 is 5.32 Å². The molecule has 0 amide bonds. The van der Waals surface area contributed by atoms with Crippen LogP contribution in [0.3, 0.4) is 0 Å². The SMILES string of the molecule is CCNC1(C(=O)OC)CCC(N2CC(C)C(C)C2)C1. The van der Waals surface area contributed by atoms with Gasteiger partial charge in [0.2, 0.25) is 0 Å². The van der Waals surface area contributed by atoms with Crippen LogP contribution in [0.25, 0.3) is 0 Å². The first-order valence-corrected chi connectivity index (χ1v) is 7.60. The van der Waals surface area contributed by atoms with Gasteiger partial charge >= 0.3 is 5.97 Å². The van der Waals surface area contributed by atoms with Gasteiger partial charge in [0.1, 0.15) is 5.54 Å². The number of rotatable bonds is 4. The first kappa shape index (κ1) is 14.8. The largest absolute Gasteiger partial charge is 0.468 e. The smallest absolute Gasteiger partial charge is 0.326 e. The molecule has 110 valence electrons. The molecule has 4 atom stereocenters. The Hall–Kier alpha value is -0.610. The molecule has 4 nitrogen and oxygen atoms in total. The number of esters is 1. The monoisotopic (exact) mass is 268 g/mol. The van der Waals surface area contributed by atoms with Crippen molar-refractivity contribution >= 4 is 5.97 Å². The topological polar surface area (TPSA) is 41.6 Å². The molecule has 19 heavy (non-hydrogen) atoms. The zero-order valence-corrected chi connectivity index (χ0v) is 12.7. The van der Waals surface area contributed by atoms with E-state index in [1.807, 2.05) is 0 Å². The summed E-state index contributed by atoms with van der Waals surface area (Å²) >= 11 is 0. The molecule has 1 saturated carbocycles. The van der Waals surface area contributed by atoms with Crippen molar-refractivity contribution in [3.63, 3.8) is 0 Å². The van der Waals surface area contributed by atoms with Gasteiger partial charge in [0.15, 0.2) is 0 Å². The standard InChI is InChI=1S/C15H28N2O2/c1-5-16-15(14(18)19-4)7-6-13(8-15)17-9-11(2)12(3)10-17/h11-13,16H,5-10H2,1-4H3. The fourth-order valence-corrected chi connectivity index (χ4v) is 3.76. The lowest BCUT2D eigenvalue weighted by molar-refractivity contribution is -0.148. The van der Waals surface area contributed by atoms with Crippen molar-refractivity contribution in [1.29, 1.82) is 0 Å². The van der Waals surface area contributed by atoms with Gasteiger partial charge in [0, 0.05) is 19.1 Å². The van der Waals surface area contributed by atoms with Crippen LogP contribution in [0.2, 0.25) is 0 Å². The summed E-state index contributed by atoms with van der Waals surface area (Å²) in [5.41, 5.74) is -0.441. The third-order valence-corrected chi connectivity index (χ3v) is 5.11. The van der Waals surface area contributed by atoms with E-state index in [-0.39, 0.29) is 5.97 Å². The molecule has 4 unspecified atom stereocenters. The molecular weight excluding hydrogens is 240 g/mol. The molecule has 2 fully saturated rings. The minimum absolute atomic E-state index is 0.0860. The highest BCUT2D eigenvalue weighted by molar-refractivity contribution is 5.81. The number of hydrogen-bond donors (Lipinski definition) is 1. The minimum atomic E-state index is -0.441. The van der Waals surface area contributed by atoms with Crippen LogP contribution in [-0.4, -0.2) is 49.2 Å². The Labute approximate surface area is 116 Å². The van der Waals surface area contributed by atoms with Crippen LogP contribution >= 0.6 is 0 Å². The van der Waals surface area contributed by atoms with Gasteiger partial charge in [-0.2, -0.15) is 0 Å². The van der Waals surface area contributed by atoms with Gasteiger partial charge in [-0.15, -0.1) is 0 Å². The van der Waals surface area contributed by atoms with Crippen molar-refractivity contribution in [2.24, 2.45) is 11.8 Å².